The number of hydrogen-bond donors (Lipinski definition) is 2. The number of methoxy groups -OCH3 is 1. The standard InChI is InChI=1S/C27H25F5N2O2/c1-3-7-23(33)25(35)34-26(16-17-8-5-4-6-9-17,18-10-11-22(29)24(15-18)36-2)19-12-20(27(30,31)32)14-21(28)13-19/h3-6,8-15,23H,1,7,16,33H2,2H3,(H,34,35). The number of nitrogens with one attached hydrogen (secondary N) is 1. The monoisotopic (exact) mass is 504 g/mol. The van der Waals surface area contributed by atoms with Crippen molar-refractivity contribution in [1.82, 2.24) is 5.32 Å². The molecule has 3 N–H and O–H groups in total. The van der Waals surface area contributed by atoms with E-state index in [2.05, 4.69) is 11.9 Å². The van der Waals surface area contributed by atoms with Gasteiger partial charge in [0, 0.05) is 6.42 Å². The summed E-state index contributed by atoms with van der Waals surface area (Å²) in [5.74, 6) is -2.80. The number of carbonyl (C=O) groups is 1. The summed E-state index contributed by atoms with van der Waals surface area (Å²) in [7, 11) is 1.23. The first-order valence-electron chi connectivity index (χ1n) is 10.9. The van der Waals surface area contributed by atoms with Crippen LogP contribution < -0.4 is 15.8 Å². The van der Waals surface area contributed by atoms with Gasteiger partial charge in [-0.1, -0.05) is 42.5 Å². The van der Waals surface area contributed by atoms with Crippen LogP contribution >= 0.6 is 0 Å². The van der Waals surface area contributed by atoms with E-state index < -0.39 is 40.9 Å². The Balaban J connectivity index is 2.36. The van der Waals surface area contributed by atoms with Gasteiger partial charge in [0.2, 0.25) is 5.91 Å². The van der Waals surface area contributed by atoms with Crippen molar-refractivity contribution >= 4 is 5.91 Å². The number of rotatable bonds is 9. The maximum absolute atomic E-state index is 14.6. The third-order valence-electron chi connectivity index (χ3n) is 5.77. The van der Waals surface area contributed by atoms with Crippen LogP contribution in [0.3, 0.4) is 0 Å². The van der Waals surface area contributed by atoms with Crippen molar-refractivity contribution in [3.8, 4) is 5.75 Å². The lowest BCUT2D eigenvalue weighted by atomic mass is 9.77. The third-order valence-corrected chi connectivity index (χ3v) is 5.77. The lowest BCUT2D eigenvalue weighted by Gasteiger charge is -2.38. The number of hydrogen-bond acceptors (Lipinski definition) is 3. The Hall–Kier alpha value is -3.72. The average molecular weight is 504 g/mol. The molecule has 190 valence electrons. The van der Waals surface area contributed by atoms with Gasteiger partial charge in [-0.2, -0.15) is 13.2 Å². The van der Waals surface area contributed by atoms with Gasteiger partial charge in [-0.25, -0.2) is 8.78 Å². The summed E-state index contributed by atoms with van der Waals surface area (Å²) < 4.78 is 75.0. The lowest BCUT2D eigenvalue weighted by molar-refractivity contribution is -0.137. The Morgan fingerprint density at radius 2 is 1.69 bits per heavy atom. The zero-order valence-electron chi connectivity index (χ0n) is 19.4. The van der Waals surface area contributed by atoms with E-state index in [0.717, 1.165) is 18.2 Å². The average Bonchev–Trinajstić information content (AvgIpc) is 2.83. The Kier molecular flexibility index (Phi) is 8.14. The van der Waals surface area contributed by atoms with E-state index in [1.165, 1.54) is 25.3 Å². The van der Waals surface area contributed by atoms with Crippen LogP contribution in [0.25, 0.3) is 0 Å². The highest BCUT2D eigenvalue weighted by atomic mass is 19.4. The van der Waals surface area contributed by atoms with E-state index in [0.29, 0.717) is 11.6 Å². The molecular formula is C27H25F5N2O2. The summed E-state index contributed by atoms with van der Waals surface area (Å²) in [6, 6.07) is 13.2. The van der Waals surface area contributed by atoms with Crippen molar-refractivity contribution in [2.24, 2.45) is 5.73 Å². The second-order valence-corrected chi connectivity index (χ2v) is 8.26. The van der Waals surface area contributed by atoms with Gasteiger partial charge in [0.05, 0.1) is 24.3 Å². The lowest BCUT2D eigenvalue weighted by Crippen LogP contribution is -2.53. The van der Waals surface area contributed by atoms with Crippen molar-refractivity contribution in [1.29, 1.82) is 0 Å². The smallest absolute Gasteiger partial charge is 0.416 e. The quantitative estimate of drug-likeness (QED) is 0.299. The second kappa shape index (κ2) is 10.9. The Morgan fingerprint density at radius 3 is 2.31 bits per heavy atom. The first-order valence-corrected chi connectivity index (χ1v) is 10.9. The molecule has 0 aliphatic carbocycles. The first-order chi connectivity index (χ1) is 17.0. The largest absolute Gasteiger partial charge is 0.494 e. The zero-order chi connectivity index (χ0) is 26.5. The summed E-state index contributed by atoms with van der Waals surface area (Å²) in [6.07, 6.45) is -3.46. The molecule has 3 aromatic rings. The molecule has 0 saturated heterocycles. The molecule has 0 saturated carbocycles. The molecule has 9 heteroatoms. The van der Waals surface area contributed by atoms with Crippen LogP contribution in [0, 0.1) is 11.6 Å². The van der Waals surface area contributed by atoms with E-state index in [1.54, 1.807) is 30.3 Å². The zero-order valence-corrected chi connectivity index (χ0v) is 19.4. The maximum Gasteiger partial charge on any atom is 0.416 e. The molecule has 0 heterocycles. The van der Waals surface area contributed by atoms with E-state index in [9.17, 15) is 26.7 Å². The number of carbonyl (C=O) groups excluding carboxylic acids is 1. The molecule has 0 aliphatic heterocycles. The van der Waals surface area contributed by atoms with Crippen LogP contribution in [0.5, 0.6) is 5.75 Å². The number of benzene rings is 3. The highest BCUT2D eigenvalue weighted by Gasteiger charge is 2.41. The molecule has 4 nitrogen and oxygen atoms in total. The second-order valence-electron chi connectivity index (χ2n) is 8.26. The molecule has 2 atom stereocenters. The minimum atomic E-state index is -4.86. The molecule has 0 aromatic heterocycles. The summed E-state index contributed by atoms with van der Waals surface area (Å²) in [5.41, 5.74) is 3.53. The van der Waals surface area contributed by atoms with Crippen LogP contribution in [0.1, 0.15) is 28.7 Å². The number of nitrogens with two attached hydrogens (primary N) is 1. The summed E-state index contributed by atoms with van der Waals surface area (Å²) in [5, 5.41) is 2.75. The third kappa shape index (κ3) is 5.91. The van der Waals surface area contributed by atoms with Gasteiger partial charge in [0.15, 0.2) is 11.6 Å². The molecule has 1 amide bonds. The fourth-order valence-corrected chi connectivity index (χ4v) is 3.98. The maximum atomic E-state index is 14.6. The van der Waals surface area contributed by atoms with E-state index in [1.807, 2.05) is 0 Å². The summed E-state index contributed by atoms with van der Waals surface area (Å²) >= 11 is 0. The topological polar surface area (TPSA) is 64.4 Å². The molecule has 0 bridgehead atoms. The van der Waals surface area contributed by atoms with Gasteiger partial charge in [-0.15, -0.1) is 6.58 Å². The van der Waals surface area contributed by atoms with Crippen molar-refractivity contribution in [2.45, 2.75) is 30.6 Å². The SMILES string of the molecule is C=CCC(N)C(=O)NC(Cc1ccccc1)(c1cc(F)cc(C(F)(F)F)c1)c1ccc(F)c(OC)c1. The van der Waals surface area contributed by atoms with Crippen LogP contribution in [-0.4, -0.2) is 19.1 Å². The molecular weight excluding hydrogens is 479 g/mol. The minimum Gasteiger partial charge on any atom is -0.494 e. The summed E-state index contributed by atoms with van der Waals surface area (Å²) in [4.78, 5) is 13.2. The van der Waals surface area contributed by atoms with Crippen LogP contribution in [0.15, 0.2) is 79.4 Å². The van der Waals surface area contributed by atoms with Gasteiger partial charge < -0.3 is 15.8 Å². The van der Waals surface area contributed by atoms with E-state index in [4.69, 9.17) is 10.5 Å². The molecule has 36 heavy (non-hydrogen) atoms. The summed E-state index contributed by atoms with van der Waals surface area (Å²) in [6.45, 7) is 3.55. The number of amides is 1. The molecule has 0 radical (unpaired) electrons. The van der Waals surface area contributed by atoms with Gasteiger partial charge in [-0.05, 0) is 53.4 Å². The van der Waals surface area contributed by atoms with Gasteiger partial charge >= 0.3 is 6.18 Å². The number of halogens is 5. The number of alkyl halides is 3. The predicted octanol–water partition coefficient (Wildman–Crippen LogP) is 5.50. The molecule has 3 aromatic carbocycles. The van der Waals surface area contributed by atoms with Crippen molar-refractivity contribution in [2.75, 3.05) is 7.11 Å². The number of ether oxygens (including phenoxy) is 1. The molecule has 0 fully saturated rings. The molecule has 3 rings (SSSR count). The van der Waals surface area contributed by atoms with Crippen molar-refractivity contribution in [3.63, 3.8) is 0 Å². The first kappa shape index (κ1) is 26.9. The van der Waals surface area contributed by atoms with Gasteiger partial charge in [-0.3, -0.25) is 4.79 Å². The molecule has 2 unspecified atom stereocenters. The predicted molar refractivity (Wildman–Crippen MR) is 126 cm³/mol. The van der Waals surface area contributed by atoms with Crippen molar-refractivity contribution in [3.05, 3.63) is 113 Å². The molecule has 0 aliphatic rings. The van der Waals surface area contributed by atoms with E-state index in [-0.39, 0.29) is 29.7 Å². The van der Waals surface area contributed by atoms with Gasteiger partial charge in [0.1, 0.15) is 5.82 Å². The van der Waals surface area contributed by atoms with Crippen LogP contribution in [0.4, 0.5) is 22.0 Å². The van der Waals surface area contributed by atoms with E-state index >= 15 is 0 Å². The van der Waals surface area contributed by atoms with Crippen molar-refractivity contribution < 1.29 is 31.5 Å². The highest BCUT2D eigenvalue weighted by Crippen LogP contribution is 2.39. The van der Waals surface area contributed by atoms with Crippen LogP contribution in [0.2, 0.25) is 0 Å². The normalized spacial score (nSPS) is 14.0. The fraction of sp³-hybridized carbons (Fsp3) is 0.222. The van der Waals surface area contributed by atoms with Crippen LogP contribution in [-0.2, 0) is 22.9 Å². The Labute approximate surface area is 205 Å². The molecule has 0 spiro atoms. The Bertz CT molecular complexity index is 1230. The minimum absolute atomic E-state index is 0.0803. The highest BCUT2D eigenvalue weighted by molar-refractivity contribution is 5.83. The van der Waals surface area contributed by atoms with Gasteiger partial charge in [0.25, 0.3) is 0 Å². The Morgan fingerprint density at radius 1 is 1.03 bits per heavy atom. The fourth-order valence-electron chi connectivity index (χ4n) is 3.98.